The molecule has 1 saturated heterocycles. The lowest BCUT2D eigenvalue weighted by Gasteiger charge is -2.42. The highest BCUT2D eigenvalue weighted by molar-refractivity contribution is 5.45. The van der Waals surface area contributed by atoms with Crippen LogP contribution >= 0.6 is 0 Å². The lowest BCUT2D eigenvalue weighted by molar-refractivity contribution is 0.0561. The molecular formula is C28H30FNO. The lowest BCUT2D eigenvalue weighted by atomic mass is 9.70. The fourth-order valence-corrected chi connectivity index (χ4v) is 5.47. The number of hydrogen-bond acceptors (Lipinski definition) is 2. The van der Waals surface area contributed by atoms with E-state index in [0.29, 0.717) is 12.5 Å². The molecule has 0 aliphatic carbocycles. The van der Waals surface area contributed by atoms with Crippen LogP contribution in [0.15, 0.2) is 78.9 Å². The number of piperidine rings is 1. The Balaban J connectivity index is 1.32. The summed E-state index contributed by atoms with van der Waals surface area (Å²) in [7, 11) is 0. The highest BCUT2D eigenvalue weighted by Gasteiger charge is 2.39. The van der Waals surface area contributed by atoms with Gasteiger partial charge in [-0.05, 0) is 79.2 Å². The molecule has 1 unspecified atom stereocenters. The minimum Gasteiger partial charge on any atom is -0.375 e. The Morgan fingerprint density at radius 2 is 1.68 bits per heavy atom. The molecule has 5 rings (SSSR count). The van der Waals surface area contributed by atoms with Gasteiger partial charge in [-0.1, -0.05) is 66.7 Å². The van der Waals surface area contributed by atoms with Gasteiger partial charge in [0.25, 0.3) is 0 Å². The van der Waals surface area contributed by atoms with E-state index in [2.05, 4.69) is 65.6 Å². The SMILES string of the molecule is Fc1cccc(C2CCN(CCC3(c4ccccc4)COCc4ccccc43)CC2)c1. The second-order valence-electron chi connectivity index (χ2n) is 9.02. The molecule has 1 fully saturated rings. The Morgan fingerprint density at radius 3 is 2.48 bits per heavy atom. The van der Waals surface area contributed by atoms with Crippen LogP contribution in [-0.4, -0.2) is 31.1 Å². The van der Waals surface area contributed by atoms with Crippen LogP contribution in [0.25, 0.3) is 0 Å². The molecule has 3 aromatic carbocycles. The maximum Gasteiger partial charge on any atom is 0.123 e. The number of halogens is 1. The lowest BCUT2D eigenvalue weighted by Crippen LogP contribution is -2.42. The van der Waals surface area contributed by atoms with E-state index in [1.54, 1.807) is 6.07 Å². The van der Waals surface area contributed by atoms with Crippen molar-refractivity contribution >= 4 is 0 Å². The molecule has 3 aromatic rings. The molecule has 0 aromatic heterocycles. The maximum absolute atomic E-state index is 13.6. The van der Waals surface area contributed by atoms with Crippen LogP contribution in [0.3, 0.4) is 0 Å². The summed E-state index contributed by atoms with van der Waals surface area (Å²) in [6.45, 7) is 4.60. The zero-order valence-corrected chi connectivity index (χ0v) is 18.0. The van der Waals surface area contributed by atoms with Crippen molar-refractivity contribution in [2.75, 3.05) is 26.2 Å². The molecule has 2 heterocycles. The average molecular weight is 416 g/mol. The summed E-state index contributed by atoms with van der Waals surface area (Å²) in [6.07, 6.45) is 3.22. The Morgan fingerprint density at radius 1 is 0.903 bits per heavy atom. The molecule has 0 bridgehead atoms. The molecular weight excluding hydrogens is 385 g/mol. The number of benzene rings is 3. The molecule has 160 valence electrons. The quantitative estimate of drug-likeness (QED) is 0.513. The Labute approximate surface area is 184 Å². The van der Waals surface area contributed by atoms with Crippen molar-refractivity contribution in [3.63, 3.8) is 0 Å². The number of likely N-dealkylation sites (tertiary alicyclic amines) is 1. The third kappa shape index (κ3) is 4.17. The van der Waals surface area contributed by atoms with Crippen LogP contribution in [-0.2, 0) is 16.8 Å². The first-order valence-electron chi connectivity index (χ1n) is 11.4. The Hall–Kier alpha value is -2.49. The first kappa shape index (κ1) is 20.4. The van der Waals surface area contributed by atoms with Gasteiger partial charge < -0.3 is 9.64 Å². The largest absolute Gasteiger partial charge is 0.375 e. The van der Waals surface area contributed by atoms with Gasteiger partial charge in [0.15, 0.2) is 0 Å². The minimum atomic E-state index is -0.124. The van der Waals surface area contributed by atoms with Crippen molar-refractivity contribution in [1.82, 2.24) is 4.90 Å². The first-order chi connectivity index (χ1) is 15.2. The van der Waals surface area contributed by atoms with Gasteiger partial charge in [-0.15, -0.1) is 0 Å². The molecule has 3 heteroatoms. The maximum atomic E-state index is 13.6. The molecule has 31 heavy (non-hydrogen) atoms. The first-order valence-corrected chi connectivity index (χ1v) is 11.4. The van der Waals surface area contributed by atoms with E-state index in [0.717, 1.165) is 51.1 Å². The van der Waals surface area contributed by atoms with Gasteiger partial charge in [0.05, 0.1) is 13.2 Å². The van der Waals surface area contributed by atoms with Crippen LogP contribution in [0.2, 0.25) is 0 Å². The number of ether oxygens (including phenoxy) is 1. The molecule has 2 aliphatic rings. The highest BCUT2D eigenvalue weighted by atomic mass is 19.1. The summed E-state index contributed by atoms with van der Waals surface area (Å²) < 4.78 is 19.8. The molecule has 0 spiro atoms. The third-order valence-electron chi connectivity index (χ3n) is 7.23. The summed E-state index contributed by atoms with van der Waals surface area (Å²) in [5, 5.41) is 0. The molecule has 0 N–H and O–H groups in total. The summed E-state index contributed by atoms with van der Waals surface area (Å²) in [4.78, 5) is 2.58. The van der Waals surface area contributed by atoms with Gasteiger partial charge in [0.1, 0.15) is 5.82 Å². The Kier molecular flexibility index (Phi) is 5.89. The van der Waals surface area contributed by atoms with Crippen molar-refractivity contribution in [2.24, 2.45) is 0 Å². The van der Waals surface area contributed by atoms with E-state index >= 15 is 0 Å². The smallest absolute Gasteiger partial charge is 0.123 e. The highest BCUT2D eigenvalue weighted by Crippen LogP contribution is 2.41. The fraction of sp³-hybridized carbons (Fsp3) is 0.357. The van der Waals surface area contributed by atoms with Gasteiger partial charge in [-0.25, -0.2) is 4.39 Å². The molecule has 1 atom stereocenters. The summed E-state index contributed by atoms with van der Waals surface area (Å²) >= 11 is 0. The Bertz CT molecular complexity index is 1010. The summed E-state index contributed by atoms with van der Waals surface area (Å²) in [6, 6.07) is 26.8. The van der Waals surface area contributed by atoms with E-state index < -0.39 is 0 Å². The average Bonchev–Trinajstić information content (AvgIpc) is 2.83. The standard InChI is InChI=1S/C28H30FNO/c29-26-11-6-8-23(19-26)22-13-16-30(17-14-22)18-15-28(25-9-2-1-3-10-25)21-31-20-24-7-4-5-12-27(24)28/h1-12,19,22H,13-18,20-21H2. The topological polar surface area (TPSA) is 12.5 Å². The van der Waals surface area contributed by atoms with Gasteiger partial charge >= 0.3 is 0 Å². The molecule has 0 amide bonds. The number of hydrogen-bond donors (Lipinski definition) is 0. The second kappa shape index (κ2) is 8.94. The van der Waals surface area contributed by atoms with Crippen molar-refractivity contribution in [1.29, 1.82) is 0 Å². The van der Waals surface area contributed by atoms with E-state index in [1.165, 1.54) is 22.8 Å². The van der Waals surface area contributed by atoms with Crippen LogP contribution in [0, 0.1) is 5.82 Å². The van der Waals surface area contributed by atoms with Crippen LogP contribution in [0.5, 0.6) is 0 Å². The van der Waals surface area contributed by atoms with Crippen molar-refractivity contribution in [3.05, 3.63) is 107 Å². The fourth-order valence-electron chi connectivity index (χ4n) is 5.47. The third-order valence-corrected chi connectivity index (χ3v) is 7.23. The second-order valence-corrected chi connectivity index (χ2v) is 9.02. The zero-order chi connectivity index (χ0) is 21.1. The molecule has 2 aliphatic heterocycles. The van der Waals surface area contributed by atoms with Crippen molar-refractivity contribution in [2.45, 2.75) is 37.2 Å². The summed E-state index contributed by atoms with van der Waals surface area (Å²) in [5.74, 6) is 0.342. The van der Waals surface area contributed by atoms with Crippen molar-refractivity contribution in [3.8, 4) is 0 Å². The van der Waals surface area contributed by atoms with Gasteiger partial charge in [0, 0.05) is 5.41 Å². The van der Waals surface area contributed by atoms with E-state index in [-0.39, 0.29) is 11.2 Å². The van der Waals surface area contributed by atoms with E-state index in [4.69, 9.17) is 4.74 Å². The van der Waals surface area contributed by atoms with Crippen LogP contribution < -0.4 is 0 Å². The number of fused-ring (bicyclic) bond motifs is 1. The monoisotopic (exact) mass is 415 g/mol. The van der Waals surface area contributed by atoms with Crippen LogP contribution in [0.1, 0.15) is 47.4 Å². The normalized spacial score (nSPS) is 22.2. The van der Waals surface area contributed by atoms with Crippen LogP contribution in [0.4, 0.5) is 4.39 Å². The minimum absolute atomic E-state index is 0.102. The predicted octanol–water partition coefficient (Wildman–Crippen LogP) is 5.91. The number of nitrogens with zero attached hydrogens (tertiary/aromatic N) is 1. The molecule has 2 nitrogen and oxygen atoms in total. The molecule has 0 saturated carbocycles. The van der Waals surface area contributed by atoms with Gasteiger partial charge in [-0.2, -0.15) is 0 Å². The summed E-state index contributed by atoms with van der Waals surface area (Å²) in [5.41, 5.74) is 5.12. The molecule has 0 radical (unpaired) electrons. The number of rotatable bonds is 5. The van der Waals surface area contributed by atoms with Crippen molar-refractivity contribution < 1.29 is 9.13 Å². The van der Waals surface area contributed by atoms with E-state index in [1.807, 2.05) is 6.07 Å². The van der Waals surface area contributed by atoms with Gasteiger partial charge in [0.2, 0.25) is 0 Å². The zero-order valence-electron chi connectivity index (χ0n) is 18.0. The van der Waals surface area contributed by atoms with E-state index in [9.17, 15) is 4.39 Å². The van der Waals surface area contributed by atoms with Gasteiger partial charge in [-0.3, -0.25) is 0 Å². The predicted molar refractivity (Wildman–Crippen MR) is 123 cm³/mol.